The lowest BCUT2D eigenvalue weighted by Crippen LogP contribution is -2.41. The van der Waals surface area contributed by atoms with Gasteiger partial charge >= 0.3 is 0 Å². The van der Waals surface area contributed by atoms with Crippen molar-refractivity contribution >= 4 is 17.5 Å². The summed E-state index contributed by atoms with van der Waals surface area (Å²) in [4.78, 5) is 22.6. The fraction of sp³-hybridized carbons (Fsp3) is 0.222. The Hall–Kier alpha value is -3.42. The van der Waals surface area contributed by atoms with Crippen LogP contribution in [0, 0.1) is 10.1 Å². The van der Waals surface area contributed by atoms with Crippen LogP contribution in [0.3, 0.4) is 0 Å². The van der Waals surface area contributed by atoms with Gasteiger partial charge in [0.05, 0.1) is 12.0 Å². The molecule has 0 unspecified atom stereocenters. The van der Waals surface area contributed by atoms with E-state index in [1.807, 2.05) is 0 Å². The summed E-state index contributed by atoms with van der Waals surface area (Å²) in [6, 6.07) is 13.0. The zero-order valence-electron chi connectivity index (χ0n) is 14.5. The van der Waals surface area contributed by atoms with Gasteiger partial charge in [-0.1, -0.05) is 6.07 Å². The number of nitro benzene ring substituents is 1. The van der Waals surface area contributed by atoms with Crippen LogP contribution in [-0.2, 0) is 15.3 Å². The van der Waals surface area contributed by atoms with E-state index in [0.29, 0.717) is 16.9 Å². The van der Waals surface area contributed by atoms with Gasteiger partial charge in [-0.05, 0) is 30.3 Å². The quantitative estimate of drug-likeness (QED) is 0.621. The highest BCUT2D eigenvalue weighted by atomic mass is 16.6. The number of methoxy groups -OCH3 is 1. The lowest BCUT2D eigenvalue weighted by atomic mass is 10.0. The summed E-state index contributed by atoms with van der Waals surface area (Å²) in [6.07, 6.45) is 0. The van der Waals surface area contributed by atoms with Crippen LogP contribution in [-0.4, -0.2) is 28.8 Å². The summed E-state index contributed by atoms with van der Waals surface area (Å²) in [5.41, 5.74) is -0.139. The molecule has 2 aromatic carbocycles. The van der Waals surface area contributed by atoms with Crippen molar-refractivity contribution < 1.29 is 19.2 Å². The second-order valence-corrected chi connectivity index (χ2v) is 5.86. The van der Waals surface area contributed by atoms with Crippen molar-refractivity contribution in [1.29, 1.82) is 0 Å². The minimum absolute atomic E-state index is 0.0822. The van der Waals surface area contributed by atoms with Gasteiger partial charge in [-0.15, -0.1) is 5.10 Å². The van der Waals surface area contributed by atoms with Crippen LogP contribution < -0.4 is 4.74 Å². The molecule has 8 heteroatoms. The predicted octanol–water partition coefficient (Wildman–Crippen LogP) is 3.02. The number of non-ortho nitro benzene ring substituents is 1. The maximum Gasteiger partial charge on any atom is 0.270 e. The van der Waals surface area contributed by atoms with Crippen molar-refractivity contribution in [2.75, 3.05) is 7.11 Å². The van der Waals surface area contributed by atoms with Gasteiger partial charge in [-0.3, -0.25) is 14.9 Å². The van der Waals surface area contributed by atoms with E-state index in [9.17, 15) is 14.9 Å². The molecule has 1 aliphatic heterocycles. The maximum absolute atomic E-state index is 12.1. The van der Waals surface area contributed by atoms with E-state index in [1.54, 1.807) is 50.4 Å². The molecule has 0 saturated carbocycles. The smallest absolute Gasteiger partial charge is 0.270 e. The average Bonchev–Trinajstić information content (AvgIpc) is 3.01. The van der Waals surface area contributed by atoms with E-state index in [0.717, 1.165) is 0 Å². The normalized spacial score (nSPS) is 18.9. The highest BCUT2D eigenvalue weighted by Crippen LogP contribution is 2.37. The van der Waals surface area contributed by atoms with Crippen molar-refractivity contribution in [3.8, 4) is 5.75 Å². The summed E-state index contributed by atoms with van der Waals surface area (Å²) in [5, 5.41) is 16.5. The molecule has 0 N–H and O–H groups in total. The van der Waals surface area contributed by atoms with Crippen LogP contribution in [0.5, 0.6) is 5.75 Å². The summed E-state index contributed by atoms with van der Waals surface area (Å²) in [6.45, 7) is 3.09. The molecule has 0 aliphatic carbocycles. The molecule has 1 heterocycles. The number of hydrogen-bond acceptors (Lipinski definition) is 6. The fourth-order valence-corrected chi connectivity index (χ4v) is 2.76. The Balaban J connectivity index is 2.00. The number of nitro groups is 1. The molecule has 2 aromatic rings. The third-order valence-electron chi connectivity index (χ3n) is 4.12. The van der Waals surface area contributed by atoms with Crippen molar-refractivity contribution in [2.24, 2.45) is 5.10 Å². The van der Waals surface area contributed by atoms with Gasteiger partial charge < -0.3 is 9.47 Å². The first-order valence-electron chi connectivity index (χ1n) is 7.83. The predicted molar refractivity (Wildman–Crippen MR) is 93.6 cm³/mol. The second kappa shape index (κ2) is 6.47. The fourth-order valence-electron chi connectivity index (χ4n) is 2.76. The van der Waals surface area contributed by atoms with Gasteiger partial charge in [0.15, 0.2) is 0 Å². The van der Waals surface area contributed by atoms with Crippen LogP contribution >= 0.6 is 0 Å². The zero-order valence-corrected chi connectivity index (χ0v) is 14.5. The Kier molecular flexibility index (Phi) is 4.33. The van der Waals surface area contributed by atoms with Gasteiger partial charge in [0.2, 0.25) is 17.5 Å². The van der Waals surface area contributed by atoms with E-state index in [1.165, 1.54) is 24.1 Å². The Morgan fingerprint density at radius 1 is 1.27 bits per heavy atom. The molecule has 1 amide bonds. The highest BCUT2D eigenvalue weighted by molar-refractivity contribution is 5.97. The minimum atomic E-state index is -1.17. The van der Waals surface area contributed by atoms with E-state index in [4.69, 9.17) is 9.47 Å². The van der Waals surface area contributed by atoms with Crippen LogP contribution in [0.4, 0.5) is 5.69 Å². The molecule has 3 rings (SSSR count). The van der Waals surface area contributed by atoms with Crippen LogP contribution in [0.2, 0.25) is 0 Å². The van der Waals surface area contributed by atoms with E-state index in [-0.39, 0.29) is 17.5 Å². The standard InChI is InChI=1S/C18H17N3O5/c1-12(22)20-18(2,14-7-9-16(25-3)10-8-14)26-17(19-20)13-5-4-6-15(11-13)21(23)24/h4-11H,1-3H3/t18-/m1/s1. The molecule has 26 heavy (non-hydrogen) atoms. The number of amides is 1. The zero-order chi connectivity index (χ0) is 18.9. The second-order valence-electron chi connectivity index (χ2n) is 5.86. The molecule has 134 valence electrons. The molecular formula is C18H17N3O5. The molecular weight excluding hydrogens is 338 g/mol. The van der Waals surface area contributed by atoms with E-state index < -0.39 is 10.6 Å². The molecule has 0 aromatic heterocycles. The Labute approximate surface area is 149 Å². The molecule has 1 aliphatic rings. The van der Waals surface area contributed by atoms with Gasteiger partial charge in [0.25, 0.3) is 5.69 Å². The number of carbonyl (C=O) groups excluding carboxylic acids is 1. The van der Waals surface area contributed by atoms with E-state index >= 15 is 0 Å². The SMILES string of the molecule is COc1ccc([C@@]2(C)OC(c3cccc([N+](=O)[O-])c3)=NN2C(C)=O)cc1. The number of nitrogens with zero attached hydrogens (tertiary/aromatic N) is 3. The summed E-state index contributed by atoms with van der Waals surface area (Å²) >= 11 is 0. The number of rotatable bonds is 4. The van der Waals surface area contributed by atoms with E-state index in [2.05, 4.69) is 5.10 Å². The molecule has 0 fully saturated rings. The average molecular weight is 355 g/mol. The summed E-state index contributed by atoms with van der Waals surface area (Å²) < 4.78 is 11.1. The van der Waals surface area contributed by atoms with Crippen LogP contribution in [0.1, 0.15) is 25.0 Å². The monoisotopic (exact) mass is 355 g/mol. The number of hydrogen-bond donors (Lipinski definition) is 0. The van der Waals surface area contributed by atoms with Crippen LogP contribution in [0.25, 0.3) is 0 Å². The molecule has 0 radical (unpaired) electrons. The molecule has 0 saturated heterocycles. The van der Waals surface area contributed by atoms with Gasteiger partial charge in [0, 0.05) is 37.1 Å². The number of benzene rings is 2. The largest absolute Gasteiger partial charge is 0.497 e. The first-order valence-corrected chi connectivity index (χ1v) is 7.83. The third-order valence-corrected chi connectivity index (χ3v) is 4.12. The van der Waals surface area contributed by atoms with Gasteiger partial charge in [-0.25, -0.2) is 0 Å². The molecule has 0 spiro atoms. The van der Waals surface area contributed by atoms with Crippen molar-refractivity contribution in [3.63, 3.8) is 0 Å². The topological polar surface area (TPSA) is 94.3 Å². The third kappa shape index (κ3) is 2.97. The lowest BCUT2D eigenvalue weighted by Gasteiger charge is -2.31. The lowest BCUT2D eigenvalue weighted by molar-refractivity contribution is -0.384. The molecule has 8 nitrogen and oxygen atoms in total. The van der Waals surface area contributed by atoms with Crippen LogP contribution in [0.15, 0.2) is 53.6 Å². The van der Waals surface area contributed by atoms with Crippen molar-refractivity contribution in [3.05, 3.63) is 69.8 Å². The number of carbonyl (C=O) groups is 1. The summed E-state index contributed by atoms with van der Waals surface area (Å²) in [5.74, 6) is 0.496. The first-order chi connectivity index (χ1) is 12.3. The highest BCUT2D eigenvalue weighted by Gasteiger charge is 2.45. The summed E-state index contributed by atoms with van der Waals surface area (Å²) in [7, 11) is 1.56. The Bertz CT molecular complexity index is 894. The first kappa shape index (κ1) is 17.4. The minimum Gasteiger partial charge on any atom is -0.497 e. The van der Waals surface area contributed by atoms with Crippen molar-refractivity contribution in [2.45, 2.75) is 19.6 Å². The maximum atomic E-state index is 12.1. The van der Waals surface area contributed by atoms with Crippen molar-refractivity contribution in [1.82, 2.24) is 5.01 Å². The Morgan fingerprint density at radius 3 is 2.54 bits per heavy atom. The van der Waals surface area contributed by atoms with Gasteiger partial charge in [-0.2, -0.15) is 5.01 Å². The number of ether oxygens (including phenoxy) is 2. The number of hydrazone groups is 1. The molecule has 1 atom stereocenters. The van der Waals surface area contributed by atoms with Gasteiger partial charge in [0.1, 0.15) is 5.75 Å². The Morgan fingerprint density at radius 2 is 1.96 bits per heavy atom. The molecule has 0 bridgehead atoms.